The molecule has 5 nitrogen and oxygen atoms in total. The number of hydrogen-bond acceptors (Lipinski definition) is 3. The third-order valence-corrected chi connectivity index (χ3v) is 5.61. The molecule has 0 saturated carbocycles. The van der Waals surface area contributed by atoms with E-state index in [0.717, 1.165) is 36.6 Å². The van der Waals surface area contributed by atoms with Crippen LogP contribution in [0.15, 0.2) is 59.6 Å². The van der Waals surface area contributed by atoms with Gasteiger partial charge in [-0.1, -0.05) is 48.5 Å². The van der Waals surface area contributed by atoms with Gasteiger partial charge >= 0.3 is 0 Å². The fraction of sp³-hybridized carbons (Fsp3) is 0.417. The summed E-state index contributed by atoms with van der Waals surface area (Å²) in [6.07, 6.45) is 1.29. The molecular weight excluding hydrogens is 360 g/mol. The molecule has 1 amide bonds. The van der Waals surface area contributed by atoms with Crippen LogP contribution in [0, 0.1) is 0 Å². The Hall–Kier alpha value is -2.66. The predicted molar refractivity (Wildman–Crippen MR) is 118 cm³/mol. The Morgan fingerprint density at radius 3 is 2.59 bits per heavy atom. The number of nitrogens with zero attached hydrogens (tertiary/aromatic N) is 2. The van der Waals surface area contributed by atoms with Crippen molar-refractivity contribution in [3.63, 3.8) is 0 Å². The second-order valence-electron chi connectivity index (χ2n) is 9.08. The van der Waals surface area contributed by atoms with Crippen molar-refractivity contribution in [1.82, 2.24) is 10.2 Å². The number of aliphatic imine (C=N–C) groups is 1. The van der Waals surface area contributed by atoms with Crippen molar-refractivity contribution >= 4 is 17.4 Å². The van der Waals surface area contributed by atoms with Crippen LogP contribution in [0.4, 0.5) is 5.69 Å². The van der Waals surface area contributed by atoms with Gasteiger partial charge in [0.25, 0.3) is 0 Å². The maximum absolute atomic E-state index is 13.0. The van der Waals surface area contributed by atoms with Crippen LogP contribution in [0.2, 0.25) is 0 Å². The summed E-state index contributed by atoms with van der Waals surface area (Å²) >= 11 is 0. The number of benzene rings is 2. The van der Waals surface area contributed by atoms with Crippen LogP contribution in [0.25, 0.3) is 0 Å². The molecule has 0 radical (unpaired) electrons. The molecule has 1 atom stereocenters. The zero-order valence-electron chi connectivity index (χ0n) is 17.5. The Morgan fingerprint density at radius 2 is 1.83 bits per heavy atom. The van der Waals surface area contributed by atoms with Gasteiger partial charge in [0.05, 0.1) is 17.5 Å². The number of amidine groups is 1. The fourth-order valence-electron chi connectivity index (χ4n) is 4.10. The third-order valence-electron chi connectivity index (χ3n) is 5.61. The predicted octanol–water partition coefficient (Wildman–Crippen LogP) is 3.61. The summed E-state index contributed by atoms with van der Waals surface area (Å²) < 4.78 is 0. The first kappa shape index (κ1) is 19.6. The second kappa shape index (κ2) is 7.64. The topological polar surface area (TPSA) is 56.7 Å². The van der Waals surface area contributed by atoms with E-state index in [-0.39, 0.29) is 17.0 Å². The van der Waals surface area contributed by atoms with Crippen LogP contribution >= 0.6 is 0 Å². The molecular formula is C24H30N4O. The fourth-order valence-corrected chi connectivity index (χ4v) is 4.10. The molecule has 0 unspecified atom stereocenters. The molecule has 1 saturated heterocycles. The van der Waals surface area contributed by atoms with E-state index in [1.165, 1.54) is 5.56 Å². The van der Waals surface area contributed by atoms with Crippen molar-refractivity contribution in [2.24, 2.45) is 4.99 Å². The number of fused-ring (bicyclic) bond motifs is 1. The van der Waals surface area contributed by atoms with Gasteiger partial charge in [-0.25, -0.2) is 0 Å². The van der Waals surface area contributed by atoms with Crippen molar-refractivity contribution in [2.45, 2.75) is 51.2 Å². The SMILES string of the molecule is CC(C)(C)N=C1Nc2ccccc2CN[C@]12CCN(C(=O)Cc1ccccc1)C2. The largest absolute Gasteiger partial charge is 0.342 e. The smallest absolute Gasteiger partial charge is 0.227 e. The minimum Gasteiger partial charge on any atom is -0.342 e. The number of amides is 1. The van der Waals surface area contributed by atoms with Crippen LogP contribution in [0.1, 0.15) is 38.3 Å². The third kappa shape index (κ3) is 4.35. The van der Waals surface area contributed by atoms with Gasteiger partial charge in [0.15, 0.2) is 0 Å². The van der Waals surface area contributed by atoms with Crippen LogP contribution in [-0.4, -0.2) is 40.8 Å². The Bertz CT molecular complexity index is 916. The molecule has 0 bridgehead atoms. The lowest BCUT2D eigenvalue weighted by molar-refractivity contribution is -0.129. The molecule has 2 heterocycles. The quantitative estimate of drug-likeness (QED) is 0.824. The average Bonchev–Trinajstić information content (AvgIpc) is 3.06. The number of carbonyl (C=O) groups excluding carboxylic acids is 1. The summed E-state index contributed by atoms with van der Waals surface area (Å²) in [4.78, 5) is 20.0. The summed E-state index contributed by atoms with van der Waals surface area (Å²) in [5, 5.41) is 7.35. The standard InChI is InChI=1S/C24H30N4O/c1-23(2,3)27-22-24(25-16-19-11-7-8-12-20(19)26-22)13-14-28(17-24)21(29)15-18-9-5-4-6-10-18/h4-12,25H,13-17H2,1-3H3,(H,26,27)/t24-/m0/s1. The van der Waals surface area contributed by atoms with Gasteiger partial charge in [0.1, 0.15) is 5.84 Å². The van der Waals surface area contributed by atoms with Crippen LogP contribution in [0.5, 0.6) is 0 Å². The van der Waals surface area contributed by atoms with Gasteiger partial charge < -0.3 is 10.2 Å². The van der Waals surface area contributed by atoms with E-state index in [9.17, 15) is 4.79 Å². The Morgan fingerprint density at radius 1 is 1.10 bits per heavy atom. The highest BCUT2D eigenvalue weighted by atomic mass is 16.2. The molecule has 2 N–H and O–H groups in total. The molecule has 0 aromatic heterocycles. The number of rotatable bonds is 2. The van der Waals surface area contributed by atoms with Gasteiger partial charge in [-0.3, -0.25) is 15.1 Å². The monoisotopic (exact) mass is 390 g/mol. The summed E-state index contributed by atoms with van der Waals surface area (Å²) in [6.45, 7) is 8.46. The lowest BCUT2D eigenvalue weighted by Gasteiger charge is -2.32. The number of hydrogen-bond donors (Lipinski definition) is 2. The molecule has 4 rings (SSSR count). The van der Waals surface area contributed by atoms with Crippen LogP contribution in [-0.2, 0) is 17.8 Å². The van der Waals surface area contributed by atoms with Crippen LogP contribution in [0.3, 0.4) is 0 Å². The lowest BCUT2D eigenvalue weighted by Crippen LogP contribution is -2.56. The average molecular weight is 391 g/mol. The zero-order chi connectivity index (χ0) is 20.5. The Kier molecular flexibility index (Phi) is 5.17. The normalized spacial score (nSPS) is 23.0. The van der Waals surface area contributed by atoms with Crippen molar-refractivity contribution < 1.29 is 4.79 Å². The van der Waals surface area contributed by atoms with Gasteiger partial charge in [-0.2, -0.15) is 0 Å². The molecule has 1 spiro atoms. The Labute approximate surface area is 173 Å². The van der Waals surface area contributed by atoms with Gasteiger partial charge in [-0.15, -0.1) is 0 Å². The maximum atomic E-state index is 13.0. The van der Waals surface area contributed by atoms with Crippen molar-refractivity contribution in [3.8, 4) is 0 Å². The molecule has 2 aromatic rings. The van der Waals surface area contributed by atoms with E-state index in [0.29, 0.717) is 13.0 Å². The number of para-hydroxylation sites is 1. The number of anilines is 1. The number of carbonyl (C=O) groups is 1. The maximum Gasteiger partial charge on any atom is 0.227 e. The Balaban J connectivity index is 1.59. The molecule has 152 valence electrons. The molecule has 0 aliphatic carbocycles. The minimum atomic E-state index is -0.349. The molecule has 2 aliphatic heterocycles. The highest BCUT2D eigenvalue weighted by Crippen LogP contribution is 2.31. The van der Waals surface area contributed by atoms with Gasteiger partial charge in [-0.05, 0) is 44.4 Å². The highest BCUT2D eigenvalue weighted by molar-refractivity contribution is 6.04. The zero-order valence-corrected chi connectivity index (χ0v) is 17.5. The molecule has 2 aliphatic rings. The second-order valence-corrected chi connectivity index (χ2v) is 9.08. The summed E-state index contributed by atoms with van der Waals surface area (Å²) in [5.74, 6) is 1.11. The molecule has 29 heavy (non-hydrogen) atoms. The van der Waals surface area contributed by atoms with Crippen molar-refractivity contribution in [2.75, 3.05) is 18.4 Å². The van der Waals surface area contributed by atoms with E-state index in [2.05, 4.69) is 49.6 Å². The number of nitrogens with one attached hydrogen (secondary N) is 2. The summed E-state index contributed by atoms with van der Waals surface area (Å²) in [7, 11) is 0. The van der Waals surface area contributed by atoms with E-state index in [1.807, 2.05) is 41.3 Å². The van der Waals surface area contributed by atoms with E-state index in [4.69, 9.17) is 4.99 Å². The lowest BCUT2D eigenvalue weighted by atomic mass is 9.95. The van der Waals surface area contributed by atoms with E-state index >= 15 is 0 Å². The van der Waals surface area contributed by atoms with Crippen molar-refractivity contribution in [3.05, 3.63) is 65.7 Å². The minimum absolute atomic E-state index is 0.173. The summed E-state index contributed by atoms with van der Waals surface area (Å²) in [5.41, 5.74) is 2.81. The first-order valence-electron chi connectivity index (χ1n) is 10.4. The number of likely N-dealkylation sites (tertiary alicyclic amines) is 1. The molecule has 2 aromatic carbocycles. The first-order valence-corrected chi connectivity index (χ1v) is 10.4. The van der Waals surface area contributed by atoms with Gasteiger partial charge in [0, 0.05) is 25.3 Å². The van der Waals surface area contributed by atoms with E-state index < -0.39 is 0 Å². The highest BCUT2D eigenvalue weighted by Gasteiger charge is 2.45. The van der Waals surface area contributed by atoms with E-state index in [1.54, 1.807) is 0 Å². The first-order chi connectivity index (χ1) is 13.8. The van der Waals surface area contributed by atoms with Gasteiger partial charge in [0.2, 0.25) is 5.91 Å². The van der Waals surface area contributed by atoms with Crippen LogP contribution < -0.4 is 10.6 Å². The summed E-state index contributed by atoms with van der Waals surface area (Å²) in [6, 6.07) is 18.3. The van der Waals surface area contributed by atoms with Crippen molar-refractivity contribution in [1.29, 1.82) is 0 Å². The molecule has 5 heteroatoms. The molecule has 1 fully saturated rings.